The van der Waals surface area contributed by atoms with Gasteiger partial charge in [-0.2, -0.15) is 0 Å². The predicted octanol–water partition coefficient (Wildman–Crippen LogP) is 2.72. The molecule has 0 aliphatic rings. The van der Waals surface area contributed by atoms with Crippen molar-refractivity contribution in [2.75, 3.05) is 11.9 Å². The first-order valence-electron chi connectivity index (χ1n) is 6.05. The van der Waals surface area contributed by atoms with Crippen LogP contribution in [0.5, 0.6) is 5.75 Å². The Morgan fingerprint density at radius 3 is 2.58 bits per heavy atom. The molecule has 1 amide bonds. The molecule has 0 spiro atoms. The lowest BCUT2D eigenvalue weighted by Crippen LogP contribution is -2.20. The Labute approximate surface area is 112 Å². The fraction of sp³-hybridized carbons (Fsp3) is 0.200. The fourth-order valence-corrected chi connectivity index (χ4v) is 1.78. The van der Waals surface area contributed by atoms with Gasteiger partial charge < -0.3 is 10.1 Å². The van der Waals surface area contributed by atoms with Crippen LogP contribution in [-0.4, -0.2) is 17.5 Å². The predicted molar refractivity (Wildman–Crippen MR) is 74.3 cm³/mol. The highest BCUT2D eigenvalue weighted by atomic mass is 16.5. The second-order valence-electron chi connectivity index (χ2n) is 4.38. The number of rotatable bonds is 4. The van der Waals surface area contributed by atoms with Crippen LogP contribution < -0.4 is 10.1 Å². The van der Waals surface area contributed by atoms with E-state index >= 15 is 0 Å². The van der Waals surface area contributed by atoms with Gasteiger partial charge in [0.05, 0.1) is 0 Å². The third kappa shape index (κ3) is 4.10. The van der Waals surface area contributed by atoms with Gasteiger partial charge in [0.2, 0.25) is 0 Å². The van der Waals surface area contributed by atoms with Crippen LogP contribution in [-0.2, 0) is 4.79 Å². The van der Waals surface area contributed by atoms with Crippen molar-refractivity contribution < 1.29 is 9.53 Å². The number of pyridine rings is 1. The van der Waals surface area contributed by atoms with E-state index in [1.807, 2.05) is 32.0 Å². The van der Waals surface area contributed by atoms with E-state index in [9.17, 15) is 4.79 Å². The van der Waals surface area contributed by atoms with Crippen LogP contribution in [0.25, 0.3) is 0 Å². The number of carbonyl (C=O) groups excluding carboxylic acids is 1. The van der Waals surface area contributed by atoms with E-state index in [1.165, 1.54) is 0 Å². The number of anilines is 1. The van der Waals surface area contributed by atoms with Gasteiger partial charge in [0.25, 0.3) is 5.91 Å². The van der Waals surface area contributed by atoms with Gasteiger partial charge >= 0.3 is 0 Å². The van der Waals surface area contributed by atoms with Crippen molar-refractivity contribution in [1.82, 2.24) is 4.98 Å². The summed E-state index contributed by atoms with van der Waals surface area (Å²) in [7, 11) is 0. The Balaban J connectivity index is 1.90. The summed E-state index contributed by atoms with van der Waals surface area (Å²) in [5.41, 5.74) is 2.22. The SMILES string of the molecule is Cc1cc(C)cc(OCC(=O)Nc2ccccn2)c1. The van der Waals surface area contributed by atoms with Gasteiger partial charge in [-0.3, -0.25) is 4.79 Å². The van der Waals surface area contributed by atoms with E-state index in [0.717, 1.165) is 11.1 Å². The number of carbonyl (C=O) groups is 1. The Bertz CT molecular complexity index is 547. The molecule has 1 N–H and O–H groups in total. The van der Waals surface area contributed by atoms with Crippen LogP contribution in [0.15, 0.2) is 42.6 Å². The molecule has 2 aromatic rings. The van der Waals surface area contributed by atoms with Crippen LogP contribution in [0.2, 0.25) is 0 Å². The van der Waals surface area contributed by atoms with Gasteiger partial charge in [-0.1, -0.05) is 12.1 Å². The average molecular weight is 256 g/mol. The number of benzene rings is 1. The van der Waals surface area contributed by atoms with Gasteiger partial charge in [-0.25, -0.2) is 4.98 Å². The first kappa shape index (κ1) is 13.1. The first-order valence-corrected chi connectivity index (χ1v) is 6.05. The van der Waals surface area contributed by atoms with Crippen LogP contribution >= 0.6 is 0 Å². The maximum Gasteiger partial charge on any atom is 0.263 e. The highest BCUT2D eigenvalue weighted by Crippen LogP contribution is 2.16. The molecule has 1 heterocycles. The van der Waals surface area contributed by atoms with Crippen molar-refractivity contribution in [2.24, 2.45) is 0 Å². The molecule has 0 bridgehead atoms. The summed E-state index contributed by atoms with van der Waals surface area (Å²) in [6.45, 7) is 3.96. The molecule has 98 valence electrons. The summed E-state index contributed by atoms with van der Waals surface area (Å²) < 4.78 is 5.46. The zero-order valence-corrected chi connectivity index (χ0v) is 11.0. The quantitative estimate of drug-likeness (QED) is 0.915. The molecule has 1 aromatic heterocycles. The molecule has 0 unspecified atom stereocenters. The molecule has 2 rings (SSSR count). The minimum atomic E-state index is -0.224. The van der Waals surface area contributed by atoms with Gasteiger partial charge in [-0.05, 0) is 49.2 Å². The number of aryl methyl sites for hydroxylation is 2. The van der Waals surface area contributed by atoms with E-state index in [0.29, 0.717) is 11.6 Å². The average Bonchev–Trinajstić information content (AvgIpc) is 2.36. The minimum absolute atomic E-state index is 0.0283. The Hall–Kier alpha value is -2.36. The molecule has 0 aliphatic carbocycles. The Kier molecular flexibility index (Phi) is 4.13. The molecule has 0 radical (unpaired) electrons. The molecule has 4 heteroatoms. The lowest BCUT2D eigenvalue weighted by atomic mass is 10.1. The van der Waals surface area contributed by atoms with Gasteiger partial charge in [-0.15, -0.1) is 0 Å². The molecule has 1 aromatic carbocycles. The number of hydrogen-bond acceptors (Lipinski definition) is 3. The number of ether oxygens (including phenoxy) is 1. The maximum atomic E-state index is 11.7. The second-order valence-corrected chi connectivity index (χ2v) is 4.38. The third-order valence-corrected chi connectivity index (χ3v) is 2.50. The number of nitrogens with one attached hydrogen (secondary N) is 1. The second kappa shape index (κ2) is 6.00. The van der Waals surface area contributed by atoms with E-state index in [1.54, 1.807) is 18.3 Å². The summed E-state index contributed by atoms with van der Waals surface area (Å²) in [6, 6.07) is 11.2. The molecule has 0 saturated heterocycles. The minimum Gasteiger partial charge on any atom is -0.484 e. The highest BCUT2D eigenvalue weighted by molar-refractivity contribution is 5.90. The fourth-order valence-electron chi connectivity index (χ4n) is 1.78. The molecule has 4 nitrogen and oxygen atoms in total. The van der Waals surface area contributed by atoms with Crippen molar-refractivity contribution in [3.05, 3.63) is 53.7 Å². The highest BCUT2D eigenvalue weighted by Gasteiger charge is 2.04. The van der Waals surface area contributed by atoms with Crippen molar-refractivity contribution in [3.8, 4) is 5.75 Å². The topological polar surface area (TPSA) is 51.2 Å². The number of aromatic nitrogens is 1. The largest absolute Gasteiger partial charge is 0.484 e. The lowest BCUT2D eigenvalue weighted by molar-refractivity contribution is -0.118. The molecule has 19 heavy (non-hydrogen) atoms. The molecular formula is C15H16N2O2. The van der Waals surface area contributed by atoms with Crippen LogP contribution in [0.3, 0.4) is 0 Å². The zero-order chi connectivity index (χ0) is 13.7. The van der Waals surface area contributed by atoms with Crippen LogP contribution in [0, 0.1) is 13.8 Å². The Morgan fingerprint density at radius 2 is 1.95 bits per heavy atom. The smallest absolute Gasteiger partial charge is 0.263 e. The van der Waals surface area contributed by atoms with E-state index < -0.39 is 0 Å². The Morgan fingerprint density at radius 1 is 1.21 bits per heavy atom. The number of nitrogens with zero attached hydrogens (tertiary/aromatic N) is 1. The summed E-state index contributed by atoms with van der Waals surface area (Å²) in [5.74, 6) is 1.00. The summed E-state index contributed by atoms with van der Waals surface area (Å²) in [4.78, 5) is 15.7. The summed E-state index contributed by atoms with van der Waals surface area (Å²) in [5, 5.41) is 2.67. The maximum absolute atomic E-state index is 11.7. The molecular weight excluding hydrogens is 240 g/mol. The van der Waals surface area contributed by atoms with E-state index in [-0.39, 0.29) is 12.5 Å². The number of hydrogen-bond donors (Lipinski definition) is 1. The third-order valence-electron chi connectivity index (χ3n) is 2.50. The van der Waals surface area contributed by atoms with E-state index in [4.69, 9.17) is 4.74 Å². The normalized spacial score (nSPS) is 10.0. The van der Waals surface area contributed by atoms with Gasteiger partial charge in [0.15, 0.2) is 6.61 Å². The van der Waals surface area contributed by atoms with E-state index in [2.05, 4.69) is 16.4 Å². The van der Waals surface area contributed by atoms with Crippen LogP contribution in [0.4, 0.5) is 5.82 Å². The van der Waals surface area contributed by atoms with Crippen molar-refractivity contribution in [1.29, 1.82) is 0 Å². The number of amides is 1. The summed E-state index contributed by atoms with van der Waals surface area (Å²) >= 11 is 0. The lowest BCUT2D eigenvalue weighted by Gasteiger charge is -2.08. The molecule has 0 aliphatic heterocycles. The van der Waals surface area contributed by atoms with Gasteiger partial charge in [0, 0.05) is 6.20 Å². The molecule has 0 fully saturated rings. The van der Waals surface area contributed by atoms with Crippen LogP contribution in [0.1, 0.15) is 11.1 Å². The summed E-state index contributed by atoms with van der Waals surface area (Å²) in [6.07, 6.45) is 1.63. The van der Waals surface area contributed by atoms with Crippen molar-refractivity contribution >= 4 is 11.7 Å². The standard InChI is InChI=1S/C15H16N2O2/c1-11-7-12(2)9-13(8-11)19-10-15(18)17-14-5-3-4-6-16-14/h3-9H,10H2,1-2H3,(H,16,17,18). The monoisotopic (exact) mass is 256 g/mol. The first-order chi connectivity index (χ1) is 9.13. The molecule has 0 atom stereocenters. The van der Waals surface area contributed by atoms with Crippen molar-refractivity contribution in [2.45, 2.75) is 13.8 Å². The molecule has 0 saturated carbocycles. The zero-order valence-electron chi connectivity index (χ0n) is 11.0. The van der Waals surface area contributed by atoms with Gasteiger partial charge in [0.1, 0.15) is 11.6 Å². The van der Waals surface area contributed by atoms with Crippen molar-refractivity contribution in [3.63, 3.8) is 0 Å².